The molecule has 0 amide bonds. The Bertz CT molecular complexity index is 673. The number of halogens is 3. The zero-order valence-electron chi connectivity index (χ0n) is 9.95. The van der Waals surface area contributed by atoms with E-state index in [9.17, 15) is 9.18 Å². The van der Waals surface area contributed by atoms with E-state index in [1.165, 1.54) is 25.4 Å². The molecule has 1 heterocycles. The number of aromatic nitrogens is 2. The summed E-state index contributed by atoms with van der Waals surface area (Å²) in [6.07, 6.45) is 1.45. The highest BCUT2D eigenvalue weighted by molar-refractivity contribution is 6.33. The van der Waals surface area contributed by atoms with E-state index in [1.54, 1.807) is 6.07 Å². The summed E-state index contributed by atoms with van der Waals surface area (Å²) in [6.45, 7) is 0.356. The molecule has 19 heavy (non-hydrogen) atoms. The minimum absolute atomic E-state index is 0.0486. The lowest BCUT2D eigenvalue weighted by molar-refractivity contribution is 0.627. The summed E-state index contributed by atoms with van der Waals surface area (Å²) in [5.41, 5.74) is 0.803. The van der Waals surface area contributed by atoms with Crippen molar-refractivity contribution in [3.05, 3.63) is 56.2 Å². The summed E-state index contributed by atoms with van der Waals surface area (Å²) >= 11 is 11.6. The third-order valence-electron chi connectivity index (χ3n) is 2.55. The fourth-order valence-electron chi connectivity index (χ4n) is 1.48. The molecule has 0 atom stereocenters. The number of hydrogen-bond acceptors (Lipinski definition) is 3. The molecule has 0 saturated heterocycles. The van der Waals surface area contributed by atoms with Gasteiger partial charge in [-0.1, -0.05) is 29.3 Å². The van der Waals surface area contributed by atoms with Crippen LogP contribution in [0.3, 0.4) is 0 Å². The van der Waals surface area contributed by atoms with Gasteiger partial charge in [0.2, 0.25) is 0 Å². The van der Waals surface area contributed by atoms with Crippen molar-refractivity contribution >= 4 is 28.9 Å². The lowest BCUT2D eigenvalue weighted by atomic mass is 10.2. The van der Waals surface area contributed by atoms with E-state index < -0.39 is 5.82 Å². The first kappa shape index (κ1) is 13.8. The molecular weight excluding hydrogens is 292 g/mol. The molecule has 0 unspecified atom stereocenters. The molecule has 0 spiro atoms. The quantitative estimate of drug-likeness (QED) is 0.948. The van der Waals surface area contributed by atoms with E-state index in [4.69, 9.17) is 23.2 Å². The van der Waals surface area contributed by atoms with E-state index in [1.807, 2.05) is 0 Å². The maximum atomic E-state index is 13.0. The molecule has 1 N–H and O–H groups in total. The molecule has 100 valence electrons. The average Bonchev–Trinajstić information content (AvgIpc) is 2.39. The van der Waals surface area contributed by atoms with Crippen molar-refractivity contribution in [1.82, 2.24) is 9.78 Å². The molecule has 2 aromatic rings. The second kappa shape index (κ2) is 5.59. The van der Waals surface area contributed by atoms with Crippen LogP contribution in [0.1, 0.15) is 5.56 Å². The maximum Gasteiger partial charge on any atom is 0.287 e. The second-order valence-corrected chi connectivity index (χ2v) is 4.69. The zero-order chi connectivity index (χ0) is 14.0. The number of aryl methyl sites for hydroxylation is 1. The molecule has 1 aromatic heterocycles. The van der Waals surface area contributed by atoms with E-state index in [0.29, 0.717) is 12.2 Å². The van der Waals surface area contributed by atoms with Gasteiger partial charge in [0.15, 0.2) is 0 Å². The molecule has 7 heteroatoms. The van der Waals surface area contributed by atoms with Crippen LogP contribution in [0.4, 0.5) is 10.1 Å². The van der Waals surface area contributed by atoms with Gasteiger partial charge in [-0.25, -0.2) is 9.07 Å². The van der Waals surface area contributed by atoms with Crippen LogP contribution >= 0.6 is 23.2 Å². The lowest BCUT2D eigenvalue weighted by Gasteiger charge is -2.09. The van der Waals surface area contributed by atoms with Crippen LogP contribution in [-0.2, 0) is 13.6 Å². The summed E-state index contributed by atoms with van der Waals surface area (Å²) in [7, 11) is 1.51. The highest BCUT2D eigenvalue weighted by Crippen LogP contribution is 2.19. The Hall–Kier alpha value is -1.59. The molecule has 0 saturated carbocycles. The van der Waals surface area contributed by atoms with Gasteiger partial charge in [0.05, 0.1) is 16.9 Å². The van der Waals surface area contributed by atoms with E-state index in [0.717, 1.165) is 10.2 Å². The van der Waals surface area contributed by atoms with Crippen molar-refractivity contribution in [2.75, 3.05) is 5.32 Å². The highest BCUT2D eigenvalue weighted by Gasteiger charge is 2.07. The number of rotatable bonds is 3. The average molecular weight is 302 g/mol. The standard InChI is InChI=1S/C12H10Cl2FN3O/c1-18-12(19)11(14)10(6-17-18)16-5-7-2-3-9(15)8(13)4-7/h2-4,6,16H,5H2,1H3. The SMILES string of the molecule is Cn1ncc(NCc2ccc(F)c(Cl)c2)c(Cl)c1=O. The highest BCUT2D eigenvalue weighted by atomic mass is 35.5. The first-order valence-corrected chi connectivity index (χ1v) is 6.14. The van der Waals surface area contributed by atoms with Crippen LogP contribution in [0.15, 0.2) is 29.2 Å². The van der Waals surface area contributed by atoms with Crippen LogP contribution in [-0.4, -0.2) is 9.78 Å². The Balaban J connectivity index is 2.17. The normalized spacial score (nSPS) is 10.5. The van der Waals surface area contributed by atoms with Gasteiger partial charge in [-0.15, -0.1) is 0 Å². The Morgan fingerprint density at radius 3 is 2.84 bits per heavy atom. The van der Waals surface area contributed by atoms with Crippen molar-refractivity contribution in [1.29, 1.82) is 0 Å². The molecule has 2 rings (SSSR count). The molecule has 0 bridgehead atoms. The van der Waals surface area contributed by atoms with Crippen molar-refractivity contribution in [3.8, 4) is 0 Å². The first-order chi connectivity index (χ1) is 8.99. The van der Waals surface area contributed by atoms with Crippen molar-refractivity contribution < 1.29 is 4.39 Å². The maximum absolute atomic E-state index is 13.0. The van der Waals surface area contributed by atoms with Gasteiger partial charge in [-0.2, -0.15) is 5.10 Å². The largest absolute Gasteiger partial charge is 0.378 e. The fourth-order valence-corrected chi connectivity index (χ4v) is 1.92. The molecule has 0 radical (unpaired) electrons. The third-order valence-corrected chi connectivity index (χ3v) is 3.20. The van der Waals surface area contributed by atoms with Crippen LogP contribution < -0.4 is 10.9 Å². The van der Waals surface area contributed by atoms with Crippen molar-refractivity contribution in [2.45, 2.75) is 6.54 Å². The molecule has 0 fully saturated rings. The lowest BCUT2D eigenvalue weighted by Crippen LogP contribution is -2.21. The monoisotopic (exact) mass is 301 g/mol. The summed E-state index contributed by atoms with van der Waals surface area (Å²) in [6, 6.07) is 4.38. The van der Waals surface area contributed by atoms with Gasteiger partial charge >= 0.3 is 0 Å². The van der Waals surface area contributed by atoms with Crippen LogP contribution in [0.5, 0.6) is 0 Å². The van der Waals surface area contributed by atoms with Gasteiger partial charge in [0.25, 0.3) is 5.56 Å². The molecule has 0 aliphatic rings. The fraction of sp³-hybridized carbons (Fsp3) is 0.167. The predicted octanol–water partition coefficient (Wildman–Crippen LogP) is 2.84. The number of anilines is 1. The smallest absolute Gasteiger partial charge is 0.287 e. The van der Waals surface area contributed by atoms with Gasteiger partial charge in [-0.3, -0.25) is 4.79 Å². The Morgan fingerprint density at radius 2 is 2.16 bits per heavy atom. The summed E-state index contributed by atoms with van der Waals surface area (Å²) in [5.74, 6) is -0.473. The van der Waals surface area contributed by atoms with Crippen molar-refractivity contribution in [3.63, 3.8) is 0 Å². The topological polar surface area (TPSA) is 46.9 Å². The van der Waals surface area contributed by atoms with Crippen LogP contribution in [0.25, 0.3) is 0 Å². The van der Waals surface area contributed by atoms with Crippen molar-refractivity contribution in [2.24, 2.45) is 7.05 Å². The zero-order valence-corrected chi connectivity index (χ0v) is 11.5. The van der Waals surface area contributed by atoms with E-state index in [-0.39, 0.29) is 15.6 Å². The van der Waals surface area contributed by atoms with Crippen LogP contribution in [0, 0.1) is 5.82 Å². The Kier molecular flexibility index (Phi) is 4.07. The first-order valence-electron chi connectivity index (χ1n) is 5.38. The summed E-state index contributed by atoms with van der Waals surface area (Å²) in [5, 5.41) is 6.92. The number of nitrogens with zero attached hydrogens (tertiary/aromatic N) is 2. The Labute approximate surface area is 118 Å². The molecule has 1 aromatic carbocycles. The van der Waals surface area contributed by atoms with Crippen LogP contribution in [0.2, 0.25) is 10.0 Å². The molecule has 4 nitrogen and oxygen atoms in total. The number of benzene rings is 1. The minimum atomic E-state index is -0.473. The predicted molar refractivity (Wildman–Crippen MR) is 73.2 cm³/mol. The molecule has 0 aliphatic heterocycles. The third kappa shape index (κ3) is 3.05. The molecular formula is C12H10Cl2FN3O. The molecule has 0 aliphatic carbocycles. The van der Waals surface area contributed by atoms with Gasteiger partial charge in [0, 0.05) is 13.6 Å². The van der Waals surface area contributed by atoms with E-state index in [2.05, 4.69) is 10.4 Å². The van der Waals surface area contributed by atoms with Gasteiger partial charge in [-0.05, 0) is 17.7 Å². The van der Waals surface area contributed by atoms with Gasteiger partial charge in [0.1, 0.15) is 10.8 Å². The summed E-state index contributed by atoms with van der Waals surface area (Å²) < 4.78 is 14.1. The van der Waals surface area contributed by atoms with Gasteiger partial charge < -0.3 is 5.32 Å². The number of hydrogen-bond donors (Lipinski definition) is 1. The van der Waals surface area contributed by atoms with E-state index >= 15 is 0 Å². The Morgan fingerprint density at radius 1 is 1.42 bits per heavy atom. The minimum Gasteiger partial charge on any atom is -0.378 e. The summed E-state index contributed by atoms with van der Waals surface area (Å²) in [4.78, 5) is 11.6. The second-order valence-electron chi connectivity index (χ2n) is 3.90. The number of nitrogens with one attached hydrogen (secondary N) is 1.